The van der Waals surface area contributed by atoms with Gasteiger partial charge in [0.2, 0.25) is 0 Å². The highest BCUT2D eigenvalue weighted by Crippen LogP contribution is 2.36. The zero-order valence-electron chi connectivity index (χ0n) is 17.1. The highest BCUT2D eigenvalue weighted by molar-refractivity contribution is 6.31. The van der Waals surface area contributed by atoms with Crippen LogP contribution < -0.4 is 14.2 Å². The molecule has 1 aliphatic rings. The molecule has 2 aromatic carbocycles. The van der Waals surface area contributed by atoms with Crippen molar-refractivity contribution in [2.75, 3.05) is 34.4 Å². The van der Waals surface area contributed by atoms with Gasteiger partial charge >= 0.3 is 0 Å². The normalized spacial score (nSPS) is 14.7. The van der Waals surface area contributed by atoms with Gasteiger partial charge in [-0.2, -0.15) is 0 Å². The van der Waals surface area contributed by atoms with Crippen molar-refractivity contribution in [3.63, 3.8) is 0 Å². The minimum Gasteiger partial charge on any atom is -0.496 e. The van der Waals surface area contributed by atoms with E-state index in [0.717, 1.165) is 23.9 Å². The molecule has 0 aliphatic carbocycles. The Morgan fingerprint density at radius 2 is 1.70 bits per heavy atom. The highest BCUT2D eigenvalue weighted by Gasteiger charge is 2.29. The first-order chi connectivity index (χ1) is 14.5. The maximum absolute atomic E-state index is 13.2. The molecule has 1 amide bonds. The Bertz CT molecular complexity index is 1070. The Hall–Kier alpha value is -2.93. The van der Waals surface area contributed by atoms with E-state index in [1.807, 2.05) is 11.0 Å². The first kappa shape index (κ1) is 20.3. The Morgan fingerprint density at radius 3 is 2.37 bits per heavy atom. The van der Waals surface area contributed by atoms with Crippen LogP contribution in [0.15, 0.2) is 34.7 Å². The van der Waals surface area contributed by atoms with Gasteiger partial charge in [-0.25, -0.2) is 4.98 Å². The summed E-state index contributed by atoms with van der Waals surface area (Å²) in [6.45, 7) is 1.20. The number of methoxy groups -OCH3 is 3. The van der Waals surface area contributed by atoms with E-state index < -0.39 is 0 Å². The molecule has 7 nitrogen and oxygen atoms in total. The molecule has 0 spiro atoms. The van der Waals surface area contributed by atoms with Gasteiger partial charge in [-0.05, 0) is 31.0 Å². The van der Waals surface area contributed by atoms with Crippen LogP contribution in [0.4, 0.5) is 0 Å². The Balaban J connectivity index is 1.50. The summed E-state index contributed by atoms with van der Waals surface area (Å²) in [7, 11) is 4.62. The molecule has 2 heterocycles. The second-order valence-corrected chi connectivity index (χ2v) is 7.57. The van der Waals surface area contributed by atoms with Crippen LogP contribution in [0.25, 0.3) is 11.1 Å². The largest absolute Gasteiger partial charge is 0.496 e. The SMILES string of the molecule is COc1cc(OC)c(C(=O)N2CCC(c3nc4cc(Cl)ccc4o3)CC2)cc1OC. The van der Waals surface area contributed by atoms with Crippen LogP contribution in [-0.2, 0) is 0 Å². The molecule has 0 N–H and O–H groups in total. The molecule has 1 aliphatic heterocycles. The summed E-state index contributed by atoms with van der Waals surface area (Å²) >= 11 is 6.04. The van der Waals surface area contributed by atoms with Gasteiger partial charge < -0.3 is 23.5 Å². The fourth-order valence-electron chi connectivity index (χ4n) is 3.79. The van der Waals surface area contributed by atoms with Gasteiger partial charge in [-0.15, -0.1) is 0 Å². The first-order valence-electron chi connectivity index (χ1n) is 9.69. The van der Waals surface area contributed by atoms with E-state index in [-0.39, 0.29) is 11.8 Å². The van der Waals surface area contributed by atoms with Crippen molar-refractivity contribution in [3.05, 3.63) is 46.8 Å². The third-order valence-electron chi connectivity index (χ3n) is 5.43. The average Bonchev–Trinajstić information content (AvgIpc) is 3.20. The summed E-state index contributed by atoms with van der Waals surface area (Å²) in [5.74, 6) is 2.21. The van der Waals surface area contributed by atoms with Crippen molar-refractivity contribution in [3.8, 4) is 17.2 Å². The molecule has 30 heavy (non-hydrogen) atoms. The van der Waals surface area contributed by atoms with Gasteiger partial charge in [-0.1, -0.05) is 11.6 Å². The number of hydrogen-bond acceptors (Lipinski definition) is 6. The smallest absolute Gasteiger partial charge is 0.257 e. The number of aromatic nitrogens is 1. The molecular weight excluding hydrogens is 408 g/mol. The van der Waals surface area contributed by atoms with Crippen molar-refractivity contribution in [1.82, 2.24) is 9.88 Å². The standard InChI is InChI=1S/C22H23ClN2O5/c1-27-18-12-20(29-3)19(28-2)11-15(18)22(26)25-8-6-13(7-9-25)21-24-16-10-14(23)4-5-17(16)30-21/h4-5,10-13H,6-9H2,1-3H3. The zero-order chi connectivity index (χ0) is 21.3. The predicted molar refractivity (Wildman–Crippen MR) is 113 cm³/mol. The van der Waals surface area contributed by atoms with Gasteiger partial charge in [0, 0.05) is 36.2 Å². The van der Waals surface area contributed by atoms with E-state index in [4.69, 9.17) is 30.2 Å². The van der Waals surface area contributed by atoms with Gasteiger partial charge in [-0.3, -0.25) is 4.79 Å². The number of carbonyl (C=O) groups is 1. The topological polar surface area (TPSA) is 74.0 Å². The lowest BCUT2D eigenvalue weighted by atomic mass is 9.96. The number of oxazole rings is 1. The third-order valence-corrected chi connectivity index (χ3v) is 5.67. The van der Waals surface area contributed by atoms with Crippen LogP contribution in [0.5, 0.6) is 17.2 Å². The molecule has 4 rings (SSSR count). The second-order valence-electron chi connectivity index (χ2n) is 7.14. The number of likely N-dealkylation sites (tertiary alicyclic amines) is 1. The van der Waals surface area contributed by atoms with Crippen LogP contribution in [0.2, 0.25) is 5.02 Å². The Morgan fingerprint density at radius 1 is 1.03 bits per heavy atom. The van der Waals surface area contributed by atoms with E-state index in [1.54, 1.807) is 31.4 Å². The number of fused-ring (bicyclic) bond motifs is 1. The molecular formula is C22H23ClN2O5. The quantitative estimate of drug-likeness (QED) is 0.592. The predicted octanol–water partition coefficient (Wildman–Crippen LogP) is 4.53. The lowest BCUT2D eigenvalue weighted by molar-refractivity contribution is 0.0703. The summed E-state index contributed by atoms with van der Waals surface area (Å²) in [5, 5.41) is 0.631. The number of benzene rings is 2. The molecule has 3 aromatic rings. The summed E-state index contributed by atoms with van der Waals surface area (Å²) in [6.07, 6.45) is 1.53. The molecule has 0 saturated carbocycles. The number of nitrogens with zero attached hydrogens (tertiary/aromatic N) is 2. The van der Waals surface area contributed by atoms with Crippen LogP contribution in [0.1, 0.15) is 35.0 Å². The van der Waals surface area contributed by atoms with Gasteiger partial charge in [0.05, 0.1) is 26.9 Å². The van der Waals surface area contributed by atoms with E-state index in [0.29, 0.717) is 46.8 Å². The molecule has 0 bridgehead atoms. The fraction of sp³-hybridized carbons (Fsp3) is 0.364. The van der Waals surface area contributed by atoms with Crippen LogP contribution in [0, 0.1) is 0 Å². The van der Waals surface area contributed by atoms with E-state index in [2.05, 4.69) is 4.98 Å². The maximum Gasteiger partial charge on any atom is 0.257 e. The maximum atomic E-state index is 13.2. The fourth-order valence-corrected chi connectivity index (χ4v) is 3.96. The molecule has 0 atom stereocenters. The van der Waals surface area contributed by atoms with E-state index in [1.165, 1.54) is 14.2 Å². The van der Waals surface area contributed by atoms with Crippen molar-refractivity contribution in [2.45, 2.75) is 18.8 Å². The second kappa shape index (κ2) is 8.44. The van der Waals surface area contributed by atoms with Crippen LogP contribution in [-0.4, -0.2) is 50.2 Å². The molecule has 1 aromatic heterocycles. The van der Waals surface area contributed by atoms with Gasteiger partial charge in [0.15, 0.2) is 23.0 Å². The molecule has 1 saturated heterocycles. The monoisotopic (exact) mass is 430 g/mol. The number of halogens is 1. The minimum atomic E-state index is -0.101. The number of ether oxygens (including phenoxy) is 3. The molecule has 0 radical (unpaired) electrons. The third kappa shape index (κ3) is 3.77. The first-order valence-corrected chi connectivity index (χ1v) is 10.1. The Labute approximate surface area is 179 Å². The van der Waals surface area contributed by atoms with Crippen molar-refractivity contribution in [1.29, 1.82) is 0 Å². The van der Waals surface area contributed by atoms with Crippen molar-refractivity contribution >= 4 is 28.6 Å². The molecule has 8 heteroatoms. The lowest BCUT2D eigenvalue weighted by Gasteiger charge is -2.31. The highest BCUT2D eigenvalue weighted by atomic mass is 35.5. The summed E-state index contributed by atoms with van der Waals surface area (Å²) in [4.78, 5) is 19.6. The van der Waals surface area contributed by atoms with Crippen LogP contribution in [0.3, 0.4) is 0 Å². The molecule has 1 fully saturated rings. The summed E-state index contributed by atoms with van der Waals surface area (Å²) in [5.41, 5.74) is 1.93. The number of piperidine rings is 1. The lowest BCUT2D eigenvalue weighted by Crippen LogP contribution is -2.38. The number of hydrogen-bond donors (Lipinski definition) is 0. The number of amides is 1. The molecule has 158 valence electrons. The zero-order valence-corrected chi connectivity index (χ0v) is 17.9. The van der Waals surface area contributed by atoms with Crippen molar-refractivity contribution in [2.24, 2.45) is 0 Å². The van der Waals surface area contributed by atoms with Gasteiger partial charge in [0.25, 0.3) is 5.91 Å². The van der Waals surface area contributed by atoms with E-state index >= 15 is 0 Å². The van der Waals surface area contributed by atoms with Crippen LogP contribution >= 0.6 is 11.6 Å². The van der Waals surface area contributed by atoms with E-state index in [9.17, 15) is 4.79 Å². The summed E-state index contributed by atoms with van der Waals surface area (Å²) < 4.78 is 22.0. The minimum absolute atomic E-state index is 0.101. The number of rotatable bonds is 5. The molecule has 0 unspecified atom stereocenters. The van der Waals surface area contributed by atoms with Crippen molar-refractivity contribution < 1.29 is 23.4 Å². The van der Waals surface area contributed by atoms with Gasteiger partial charge in [0.1, 0.15) is 11.3 Å². The number of carbonyl (C=O) groups excluding carboxylic acids is 1. The Kier molecular flexibility index (Phi) is 5.72. The average molecular weight is 431 g/mol. The summed E-state index contributed by atoms with van der Waals surface area (Å²) in [6, 6.07) is 8.75.